The van der Waals surface area contributed by atoms with Crippen molar-refractivity contribution in [2.24, 2.45) is 0 Å². The van der Waals surface area contributed by atoms with E-state index in [1.807, 2.05) is 0 Å². The molecule has 0 saturated carbocycles. The third kappa shape index (κ3) is 3.38. The van der Waals surface area contributed by atoms with Crippen LogP contribution >= 0.6 is 11.6 Å². The molecule has 0 saturated heterocycles. The summed E-state index contributed by atoms with van der Waals surface area (Å²) in [5.74, 6) is -0.882. The topological polar surface area (TPSA) is 21.3 Å². The van der Waals surface area contributed by atoms with Gasteiger partial charge in [0, 0.05) is 18.7 Å². The molecule has 1 N–H and O–H groups in total. The summed E-state index contributed by atoms with van der Waals surface area (Å²) in [4.78, 5) is 0. The summed E-state index contributed by atoms with van der Waals surface area (Å²) >= 11 is 5.71. The van der Waals surface area contributed by atoms with Crippen LogP contribution in [0, 0.1) is 11.6 Å². The third-order valence-electron chi connectivity index (χ3n) is 1.93. The van der Waals surface area contributed by atoms with Crippen molar-refractivity contribution >= 4 is 11.6 Å². The minimum atomic E-state index is -0.636. The molecular weight excluding hydrogens is 236 g/mol. The normalized spacial score (nSPS) is 12.1. The van der Waals surface area contributed by atoms with E-state index in [1.165, 1.54) is 12.1 Å². The number of ether oxygens (including phenoxy) is 1. The lowest BCUT2D eigenvalue weighted by molar-refractivity contribution is 0.177. The Hall–Kier alpha value is -1.29. The van der Waals surface area contributed by atoms with Gasteiger partial charge in [-0.25, -0.2) is 8.78 Å². The van der Waals surface area contributed by atoms with Crippen LogP contribution in [0.15, 0.2) is 29.1 Å². The molecule has 0 aromatic heterocycles. The van der Waals surface area contributed by atoms with E-state index in [9.17, 15) is 8.78 Å². The predicted molar refractivity (Wildman–Crippen MR) is 58.8 cm³/mol. The zero-order valence-corrected chi connectivity index (χ0v) is 9.74. The number of hydrogen-bond donors (Lipinski definition) is 1. The van der Waals surface area contributed by atoms with E-state index in [1.54, 1.807) is 14.0 Å². The van der Waals surface area contributed by atoms with E-state index in [-0.39, 0.29) is 12.2 Å². The maximum absolute atomic E-state index is 13.2. The minimum Gasteiger partial charge on any atom is -0.473 e. The number of allylic oxidation sites excluding steroid dienone is 1. The maximum Gasteiger partial charge on any atom is 0.201 e. The Morgan fingerprint density at radius 1 is 1.44 bits per heavy atom. The predicted octanol–water partition coefficient (Wildman–Crippen LogP) is 3.13. The van der Waals surface area contributed by atoms with Crippen molar-refractivity contribution in [1.29, 1.82) is 0 Å². The number of nitrogens with one attached hydrogen (secondary N) is 1. The van der Waals surface area contributed by atoms with Gasteiger partial charge in [-0.15, -0.1) is 0 Å². The molecule has 0 bridgehead atoms. The molecule has 0 amide bonds. The SMILES string of the molecule is CN/C(OCc1ccc(F)cc1F)=C(\C)Cl. The van der Waals surface area contributed by atoms with Crippen LogP contribution < -0.4 is 5.32 Å². The second-order valence-electron chi connectivity index (χ2n) is 3.14. The molecule has 0 aliphatic rings. The first kappa shape index (κ1) is 12.8. The van der Waals surface area contributed by atoms with Crippen LogP contribution in [0.4, 0.5) is 8.78 Å². The monoisotopic (exact) mass is 247 g/mol. The van der Waals surface area contributed by atoms with Gasteiger partial charge in [-0.1, -0.05) is 11.6 Å². The van der Waals surface area contributed by atoms with E-state index in [0.29, 0.717) is 10.9 Å². The number of rotatable bonds is 4. The van der Waals surface area contributed by atoms with E-state index in [0.717, 1.165) is 6.07 Å². The molecule has 1 aromatic rings. The average Bonchev–Trinajstić information content (AvgIpc) is 2.21. The highest BCUT2D eigenvalue weighted by atomic mass is 35.5. The van der Waals surface area contributed by atoms with Crippen LogP contribution in [0.5, 0.6) is 0 Å². The van der Waals surface area contributed by atoms with Gasteiger partial charge in [-0.2, -0.15) is 0 Å². The van der Waals surface area contributed by atoms with E-state index < -0.39 is 11.6 Å². The number of benzene rings is 1. The van der Waals surface area contributed by atoms with Crippen molar-refractivity contribution in [2.75, 3.05) is 7.05 Å². The molecule has 0 aliphatic carbocycles. The van der Waals surface area contributed by atoms with Gasteiger partial charge in [0.05, 0.1) is 5.03 Å². The summed E-state index contributed by atoms with van der Waals surface area (Å²) in [6, 6.07) is 3.33. The summed E-state index contributed by atoms with van der Waals surface area (Å²) in [6.45, 7) is 1.64. The highest BCUT2D eigenvalue weighted by molar-refractivity contribution is 6.29. The number of halogens is 3. The van der Waals surface area contributed by atoms with Crippen LogP contribution in [-0.4, -0.2) is 7.05 Å². The summed E-state index contributed by atoms with van der Waals surface area (Å²) in [6.07, 6.45) is 0. The van der Waals surface area contributed by atoms with Crippen molar-refractivity contribution in [3.63, 3.8) is 0 Å². The maximum atomic E-state index is 13.2. The summed E-state index contributed by atoms with van der Waals surface area (Å²) in [5, 5.41) is 3.17. The smallest absolute Gasteiger partial charge is 0.201 e. The van der Waals surface area contributed by atoms with Gasteiger partial charge in [0.2, 0.25) is 5.88 Å². The number of hydrogen-bond acceptors (Lipinski definition) is 2. The lowest BCUT2D eigenvalue weighted by Gasteiger charge is -2.11. The van der Waals surface area contributed by atoms with Crippen LogP contribution in [0.3, 0.4) is 0 Å². The lowest BCUT2D eigenvalue weighted by Crippen LogP contribution is -2.11. The van der Waals surface area contributed by atoms with Crippen molar-refractivity contribution in [3.05, 3.63) is 46.3 Å². The van der Waals surface area contributed by atoms with E-state index >= 15 is 0 Å². The summed E-state index contributed by atoms with van der Waals surface area (Å²) < 4.78 is 31.1. The largest absolute Gasteiger partial charge is 0.473 e. The van der Waals surface area contributed by atoms with Gasteiger partial charge in [0.1, 0.15) is 18.2 Å². The van der Waals surface area contributed by atoms with E-state index in [2.05, 4.69) is 5.32 Å². The molecule has 1 rings (SSSR count). The molecule has 88 valence electrons. The van der Waals surface area contributed by atoms with Gasteiger partial charge in [0.25, 0.3) is 0 Å². The first-order valence-corrected chi connectivity index (χ1v) is 5.03. The molecular formula is C11H12ClF2NO. The Morgan fingerprint density at radius 3 is 2.62 bits per heavy atom. The van der Waals surface area contributed by atoms with Crippen LogP contribution in [-0.2, 0) is 11.3 Å². The van der Waals surface area contributed by atoms with Crippen LogP contribution in [0.1, 0.15) is 12.5 Å². The van der Waals surface area contributed by atoms with Gasteiger partial charge in [0.15, 0.2) is 0 Å². The molecule has 0 spiro atoms. The molecule has 16 heavy (non-hydrogen) atoms. The summed E-state index contributed by atoms with van der Waals surface area (Å²) in [7, 11) is 1.64. The molecule has 0 unspecified atom stereocenters. The van der Waals surface area contributed by atoms with Crippen molar-refractivity contribution in [2.45, 2.75) is 13.5 Å². The molecule has 0 atom stereocenters. The molecule has 1 aromatic carbocycles. The van der Waals surface area contributed by atoms with Gasteiger partial charge >= 0.3 is 0 Å². The molecule has 0 heterocycles. The fourth-order valence-electron chi connectivity index (χ4n) is 1.13. The molecule has 0 radical (unpaired) electrons. The highest BCUT2D eigenvalue weighted by Crippen LogP contribution is 2.14. The van der Waals surface area contributed by atoms with Gasteiger partial charge in [-0.3, -0.25) is 0 Å². The molecule has 0 fully saturated rings. The Labute approximate surface area is 97.9 Å². The summed E-state index contributed by atoms with van der Waals surface area (Å²) in [5.41, 5.74) is 0.270. The first-order valence-electron chi connectivity index (χ1n) is 4.65. The van der Waals surface area contributed by atoms with Crippen molar-refractivity contribution < 1.29 is 13.5 Å². The lowest BCUT2D eigenvalue weighted by atomic mass is 10.2. The second kappa shape index (κ2) is 5.70. The fourth-order valence-corrected chi connectivity index (χ4v) is 1.28. The fraction of sp³-hybridized carbons (Fsp3) is 0.273. The highest BCUT2D eigenvalue weighted by Gasteiger charge is 2.06. The van der Waals surface area contributed by atoms with Gasteiger partial charge in [-0.05, 0) is 19.1 Å². The quantitative estimate of drug-likeness (QED) is 0.826. The van der Waals surface area contributed by atoms with Crippen LogP contribution in [0.2, 0.25) is 0 Å². The Morgan fingerprint density at radius 2 is 2.12 bits per heavy atom. The first-order chi connectivity index (χ1) is 7.54. The molecule has 2 nitrogen and oxygen atoms in total. The standard InChI is InChI=1S/C11H12ClF2NO/c1-7(12)11(15-2)16-6-8-3-4-9(13)5-10(8)14/h3-5,15H,6H2,1-2H3/b11-7-. The second-order valence-corrected chi connectivity index (χ2v) is 3.70. The zero-order chi connectivity index (χ0) is 12.1. The zero-order valence-electron chi connectivity index (χ0n) is 8.98. The van der Waals surface area contributed by atoms with E-state index in [4.69, 9.17) is 16.3 Å². The Balaban J connectivity index is 2.71. The molecule has 0 aliphatic heterocycles. The van der Waals surface area contributed by atoms with Crippen LogP contribution in [0.25, 0.3) is 0 Å². The Kier molecular flexibility index (Phi) is 4.55. The van der Waals surface area contributed by atoms with Crippen molar-refractivity contribution in [3.8, 4) is 0 Å². The third-order valence-corrected chi connectivity index (χ3v) is 2.10. The average molecular weight is 248 g/mol. The van der Waals surface area contributed by atoms with Crippen molar-refractivity contribution in [1.82, 2.24) is 5.32 Å². The Bertz CT molecular complexity index is 403. The minimum absolute atomic E-state index is 0.00759. The van der Waals surface area contributed by atoms with Gasteiger partial charge < -0.3 is 10.1 Å². The molecule has 5 heteroatoms.